The maximum absolute atomic E-state index is 12.8. The molecule has 1 aromatic carbocycles. The number of carbonyl (C=O) groups is 1. The van der Waals surface area contributed by atoms with Crippen molar-refractivity contribution in [3.8, 4) is 0 Å². The normalized spacial score (nSPS) is 30.1. The Morgan fingerprint density at radius 2 is 2.00 bits per heavy atom. The summed E-state index contributed by atoms with van der Waals surface area (Å²) < 4.78 is 6.75. The smallest absolute Gasteiger partial charge is 0.326 e. The molecule has 0 radical (unpaired) electrons. The highest BCUT2D eigenvalue weighted by molar-refractivity contribution is 8.00. The van der Waals surface area contributed by atoms with Crippen LogP contribution in [-0.4, -0.2) is 22.4 Å². The molecule has 7 heteroatoms. The van der Waals surface area contributed by atoms with Crippen molar-refractivity contribution in [1.29, 1.82) is 0 Å². The summed E-state index contributed by atoms with van der Waals surface area (Å²) in [6.07, 6.45) is 3.88. The third-order valence-corrected chi connectivity index (χ3v) is 9.59. The Balaban J connectivity index is 1.61. The van der Waals surface area contributed by atoms with Gasteiger partial charge < -0.3 is 4.74 Å². The minimum atomic E-state index is -0.344. The maximum atomic E-state index is 12.8. The van der Waals surface area contributed by atoms with Crippen LogP contribution in [0.4, 0.5) is 0 Å². The first kappa shape index (κ1) is 18.8. The van der Waals surface area contributed by atoms with Gasteiger partial charge in [-0.2, -0.15) is 0 Å². The first-order valence-corrected chi connectivity index (χ1v) is 12.0. The summed E-state index contributed by atoms with van der Waals surface area (Å²) in [6, 6.07) is 8.10. The summed E-state index contributed by atoms with van der Waals surface area (Å²) in [5.41, 5.74) is 1.23. The fraction of sp³-hybridized carbons (Fsp3) is 0.524. The van der Waals surface area contributed by atoms with E-state index in [4.69, 9.17) is 16.3 Å². The van der Waals surface area contributed by atoms with E-state index in [1.165, 1.54) is 36.2 Å². The first-order valence-electron chi connectivity index (χ1n) is 9.88. The van der Waals surface area contributed by atoms with Gasteiger partial charge in [0.2, 0.25) is 0 Å². The number of halogens is 1. The molecule has 2 saturated carbocycles. The molecular formula is C21H22ClNO3S2. The van der Waals surface area contributed by atoms with Crippen LogP contribution in [0.5, 0.6) is 0 Å². The van der Waals surface area contributed by atoms with Gasteiger partial charge in [0.1, 0.15) is 6.54 Å². The summed E-state index contributed by atoms with van der Waals surface area (Å²) in [5.74, 6) is 1.88. The zero-order valence-electron chi connectivity index (χ0n) is 15.6. The molecule has 2 bridgehead atoms. The van der Waals surface area contributed by atoms with E-state index in [2.05, 4.69) is 12.1 Å². The molecule has 1 aromatic heterocycles. The van der Waals surface area contributed by atoms with Crippen LogP contribution in [0.25, 0.3) is 0 Å². The number of ether oxygens (including phenoxy) is 1. The zero-order chi connectivity index (χ0) is 19.4. The van der Waals surface area contributed by atoms with E-state index in [1.54, 1.807) is 11.5 Å². The summed E-state index contributed by atoms with van der Waals surface area (Å²) in [4.78, 5) is 26.0. The van der Waals surface area contributed by atoms with Gasteiger partial charge in [-0.25, -0.2) is 0 Å². The van der Waals surface area contributed by atoms with Gasteiger partial charge in [0.25, 0.3) is 0 Å². The standard InChI is InChI=1S/C21H22ClNO3S2/c1-2-26-15(24)10-23-20-19(28-21(23)25)16(11-5-7-14(22)8-6-11)17-12-3-4-13(9-12)18(17)27-20/h5-8,12-13,16-18H,2-4,9-10H2,1H3/t12-,13+,16+,17-,18+/m1/s1. The molecule has 2 aliphatic carbocycles. The first-order chi connectivity index (χ1) is 13.6. The lowest BCUT2D eigenvalue weighted by molar-refractivity contribution is -0.144. The SMILES string of the molecule is CCOC(=O)Cn1c2c(sc1=O)[C@@H](c1ccc(Cl)cc1)[C@H]1[C@@H]3CC[C@@H](C3)[C@@H]1S2. The molecule has 1 aliphatic heterocycles. The van der Waals surface area contributed by atoms with Gasteiger partial charge in [-0.3, -0.25) is 14.2 Å². The van der Waals surface area contributed by atoms with Crippen LogP contribution in [0.1, 0.15) is 42.5 Å². The number of rotatable bonds is 4. The number of fused-ring (bicyclic) bond motifs is 6. The van der Waals surface area contributed by atoms with E-state index in [0.29, 0.717) is 23.7 Å². The molecule has 148 valence electrons. The van der Waals surface area contributed by atoms with Crippen molar-refractivity contribution in [2.45, 2.75) is 48.9 Å². The van der Waals surface area contributed by atoms with E-state index < -0.39 is 0 Å². The third-order valence-electron chi connectivity index (χ3n) is 6.51. The van der Waals surface area contributed by atoms with Crippen molar-refractivity contribution in [1.82, 2.24) is 4.57 Å². The third kappa shape index (κ3) is 2.96. The molecule has 0 saturated heterocycles. The van der Waals surface area contributed by atoms with Crippen molar-refractivity contribution >= 4 is 40.7 Å². The Morgan fingerprint density at radius 3 is 2.75 bits per heavy atom. The van der Waals surface area contributed by atoms with E-state index in [-0.39, 0.29) is 23.3 Å². The molecule has 5 rings (SSSR count). The minimum absolute atomic E-state index is 0.00429. The molecule has 4 nitrogen and oxygen atoms in total. The molecule has 0 unspecified atom stereocenters. The lowest BCUT2D eigenvalue weighted by atomic mass is 9.75. The molecule has 5 atom stereocenters. The fourth-order valence-corrected chi connectivity index (χ4v) is 8.74. The predicted molar refractivity (Wildman–Crippen MR) is 112 cm³/mol. The van der Waals surface area contributed by atoms with E-state index in [0.717, 1.165) is 20.8 Å². The highest BCUT2D eigenvalue weighted by Crippen LogP contribution is 2.64. The average molecular weight is 436 g/mol. The summed E-state index contributed by atoms with van der Waals surface area (Å²) >= 11 is 9.28. The number of thiazole rings is 1. The fourth-order valence-electron chi connectivity index (χ4n) is 5.47. The van der Waals surface area contributed by atoms with Crippen molar-refractivity contribution in [2.75, 3.05) is 6.61 Å². The number of carbonyl (C=O) groups excluding carboxylic acids is 1. The number of esters is 1. The number of thioether (sulfide) groups is 1. The van der Waals surface area contributed by atoms with E-state index in [1.807, 2.05) is 23.9 Å². The van der Waals surface area contributed by atoms with Crippen LogP contribution >= 0.6 is 34.7 Å². The summed E-state index contributed by atoms with van der Waals surface area (Å²) in [6.45, 7) is 2.12. The quantitative estimate of drug-likeness (QED) is 0.648. The molecule has 2 fully saturated rings. The van der Waals surface area contributed by atoms with Gasteiger partial charge >= 0.3 is 10.8 Å². The molecule has 2 aromatic rings. The number of benzene rings is 1. The van der Waals surface area contributed by atoms with Crippen molar-refractivity contribution < 1.29 is 9.53 Å². The predicted octanol–water partition coefficient (Wildman–Crippen LogP) is 4.78. The van der Waals surface area contributed by atoms with Gasteiger partial charge in [0.05, 0.1) is 11.6 Å². The number of hydrogen-bond donors (Lipinski definition) is 0. The van der Waals surface area contributed by atoms with E-state index >= 15 is 0 Å². The number of nitrogens with zero attached hydrogens (tertiary/aromatic N) is 1. The van der Waals surface area contributed by atoms with Crippen LogP contribution < -0.4 is 4.87 Å². The van der Waals surface area contributed by atoms with Gasteiger partial charge in [0.15, 0.2) is 0 Å². The van der Waals surface area contributed by atoms with Gasteiger partial charge in [-0.15, -0.1) is 11.8 Å². The van der Waals surface area contributed by atoms with Gasteiger partial charge in [-0.05, 0) is 61.6 Å². The van der Waals surface area contributed by atoms with Crippen LogP contribution in [0, 0.1) is 17.8 Å². The van der Waals surface area contributed by atoms with Crippen LogP contribution in [0.2, 0.25) is 5.02 Å². The molecule has 0 amide bonds. The Morgan fingerprint density at radius 1 is 1.25 bits per heavy atom. The van der Waals surface area contributed by atoms with Crippen LogP contribution in [0.3, 0.4) is 0 Å². The second kappa shape index (κ2) is 7.22. The number of aromatic nitrogens is 1. The second-order valence-electron chi connectivity index (χ2n) is 7.95. The van der Waals surface area contributed by atoms with Gasteiger partial charge in [-0.1, -0.05) is 35.1 Å². The molecule has 3 aliphatic rings. The molecule has 0 spiro atoms. The Kier molecular flexibility index (Phi) is 4.84. The highest BCUT2D eigenvalue weighted by atomic mass is 35.5. The Bertz CT molecular complexity index is 967. The summed E-state index contributed by atoms with van der Waals surface area (Å²) in [7, 11) is 0. The zero-order valence-corrected chi connectivity index (χ0v) is 18.0. The van der Waals surface area contributed by atoms with Gasteiger partial charge in [0, 0.05) is 21.1 Å². The monoisotopic (exact) mass is 435 g/mol. The van der Waals surface area contributed by atoms with E-state index in [9.17, 15) is 9.59 Å². The maximum Gasteiger partial charge on any atom is 0.326 e. The number of hydrogen-bond acceptors (Lipinski definition) is 5. The molecule has 2 heterocycles. The van der Waals surface area contributed by atoms with Crippen molar-refractivity contribution in [2.24, 2.45) is 17.8 Å². The summed E-state index contributed by atoms with van der Waals surface area (Å²) in [5, 5.41) is 2.23. The highest BCUT2D eigenvalue weighted by Gasteiger charge is 2.55. The average Bonchev–Trinajstić information content (AvgIpc) is 3.36. The molecule has 0 N–H and O–H groups in total. The van der Waals surface area contributed by atoms with Crippen molar-refractivity contribution in [3.63, 3.8) is 0 Å². The molecular weight excluding hydrogens is 414 g/mol. The lowest BCUT2D eigenvalue weighted by Gasteiger charge is -2.40. The van der Waals surface area contributed by atoms with Crippen molar-refractivity contribution in [3.05, 3.63) is 49.4 Å². The lowest BCUT2D eigenvalue weighted by Crippen LogP contribution is -2.34. The minimum Gasteiger partial charge on any atom is -0.465 e. The molecule has 28 heavy (non-hydrogen) atoms. The Labute approximate surface area is 177 Å². The van der Waals surface area contributed by atoms with Crippen LogP contribution in [0.15, 0.2) is 34.1 Å². The topological polar surface area (TPSA) is 48.3 Å². The Hall–Kier alpha value is -1.24. The largest absolute Gasteiger partial charge is 0.465 e. The second-order valence-corrected chi connectivity index (χ2v) is 10.5. The van der Waals surface area contributed by atoms with Crippen LogP contribution in [-0.2, 0) is 16.1 Å².